The van der Waals surface area contributed by atoms with Crippen molar-refractivity contribution in [3.63, 3.8) is 0 Å². The Morgan fingerprint density at radius 3 is 2.71 bits per heavy atom. The number of aliphatic imine (C=N–C) groups is 1. The molecule has 2 atom stereocenters. The molecule has 1 heterocycles. The Hall–Kier alpha value is -1.96. The Morgan fingerprint density at radius 1 is 1.10 bits per heavy atom. The molecule has 108 valence electrons. The van der Waals surface area contributed by atoms with Crippen molar-refractivity contribution in [3.05, 3.63) is 66.0 Å². The maximum Gasteiger partial charge on any atom is 0.0720 e. The van der Waals surface area contributed by atoms with E-state index in [4.69, 9.17) is 4.99 Å². The third kappa shape index (κ3) is 3.38. The van der Waals surface area contributed by atoms with Gasteiger partial charge in [-0.25, -0.2) is 0 Å². The molecule has 2 nitrogen and oxygen atoms in total. The molecule has 21 heavy (non-hydrogen) atoms. The maximum absolute atomic E-state index is 5.05. The van der Waals surface area contributed by atoms with Crippen LogP contribution in [0.25, 0.3) is 0 Å². The quantitative estimate of drug-likeness (QED) is 0.780. The molecule has 0 aliphatic heterocycles. The van der Waals surface area contributed by atoms with Crippen molar-refractivity contribution < 1.29 is 0 Å². The number of rotatable bonds is 3. The molecule has 0 bridgehead atoms. The number of aromatic nitrogens is 1. The number of benzene rings is 1. The highest BCUT2D eigenvalue weighted by Crippen LogP contribution is 2.32. The van der Waals surface area contributed by atoms with E-state index in [1.165, 1.54) is 36.1 Å². The fourth-order valence-electron chi connectivity index (χ4n) is 3.15. The van der Waals surface area contributed by atoms with Crippen LogP contribution in [0.1, 0.15) is 55.7 Å². The van der Waals surface area contributed by atoms with Crippen LogP contribution >= 0.6 is 0 Å². The minimum absolute atomic E-state index is 0.235. The Labute approximate surface area is 127 Å². The average Bonchev–Trinajstić information content (AvgIpc) is 2.57. The lowest BCUT2D eigenvalue weighted by atomic mass is 9.82. The third-order valence-electron chi connectivity index (χ3n) is 4.31. The van der Waals surface area contributed by atoms with E-state index in [0.29, 0.717) is 5.92 Å². The lowest BCUT2D eigenvalue weighted by Gasteiger charge is -2.25. The molecule has 0 radical (unpaired) electrons. The maximum atomic E-state index is 5.05. The summed E-state index contributed by atoms with van der Waals surface area (Å²) in [7, 11) is 0. The minimum Gasteiger partial charge on any atom is -0.286 e. The van der Waals surface area contributed by atoms with Crippen molar-refractivity contribution in [3.8, 4) is 0 Å². The van der Waals surface area contributed by atoms with Crippen molar-refractivity contribution in [2.45, 2.75) is 44.6 Å². The summed E-state index contributed by atoms with van der Waals surface area (Å²) < 4.78 is 0. The third-order valence-corrected chi connectivity index (χ3v) is 4.31. The van der Waals surface area contributed by atoms with Crippen LogP contribution in [-0.2, 0) is 0 Å². The molecule has 1 saturated carbocycles. The number of hydrogen-bond acceptors (Lipinski definition) is 2. The zero-order chi connectivity index (χ0) is 14.5. The van der Waals surface area contributed by atoms with E-state index >= 15 is 0 Å². The predicted molar refractivity (Wildman–Crippen MR) is 87.7 cm³/mol. The van der Waals surface area contributed by atoms with Crippen molar-refractivity contribution in [1.29, 1.82) is 0 Å². The smallest absolute Gasteiger partial charge is 0.0720 e. The molecule has 1 aliphatic rings. The van der Waals surface area contributed by atoms with Gasteiger partial charge in [-0.2, -0.15) is 0 Å². The second-order valence-corrected chi connectivity index (χ2v) is 5.79. The summed E-state index contributed by atoms with van der Waals surface area (Å²) in [5.74, 6) is 0.457. The number of pyridine rings is 1. The first kappa shape index (κ1) is 14.0. The lowest BCUT2D eigenvalue weighted by molar-refractivity contribution is 0.603. The summed E-state index contributed by atoms with van der Waals surface area (Å²) >= 11 is 0. The van der Waals surface area contributed by atoms with Gasteiger partial charge >= 0.3 is 0 Å². The Balaban J connectivity index is 1.86. The second-order valence-electron chi connectivity index (χ2n) is 5.79. The summed E-state index contributed by atoms with van der Waals surface area (Å²) in [4.78, 5) is 9.33. The van der Waals surface area contributed by atoms with E-state index in [9.17, 15) is 0 Å². The van der Waals surface area contributed by atoms with Crippen LogP contribution in [-0.4, -0.2) is 10.7 Å². The lowest BCUT2D eigenvalue weighted by Crippen LogP contribution is -2.18. The van der Waals surface area contributed by atoms with Gasteiger partial charge in [0.25, 0.3) is 0 Å². The first-order chi connectivity index (χ1) is 10.3. The summed E-state index contributed by atoms with van der Waals surface area (Å²) in [6.45, 7) is 2.19. The normalized spacial score (nSPS) is 22.1. The zero-order valence-corrected chi connectivity index (χ0v) is 12.6. The fraction of sp³-hybridized carbons (Fsp3) is 0.368. The average molecular weight is 278 g/mol. The van der Waals surface area contributed by atoms with Gasteiger partial charge in [-0.05, 0) is 43.4 Å². The SMILES string of the molecule is C[C@@H](N=C1CCCCC1c1cccnc1)c1ccccc1. The molecule has 1 aliphatic carbocycles. The highest BCUT2D eigenvalue weighted by molar-refractivity contribution is 5.91. The monoisotopic (exact) mass is 278 g/mol. The van der Waals surface area contributed by atoms with E-state index in [-0.39, 0.29) is 6.04 Å². The molecule has 1 unspecified atom stereocenters. The Morgan fingerprint density at radius 2 is 1.95 bits per heavy atom. The first-order valence-corrected chi connectivity index (χ1v) is 7.86. The zero-order valence-electron chi connectivity index (χ0n) is 12.6. The van der Waals surface area contributed by atoms with E-state index in [1.807, 2.05) is 18.5 Å². The summed E-state index contributed by atoms with van der Waals surface area (Å²) in [6, 6.07) is 15.0. The van der Waals surface area contributed by atoms with E-state index in [0.717, 1.165) is 6.42 Å². The molecule has 0 N–H and O–H groups in total. The second kappa shape index (κ2) is 6.66. The van der Waals surface area contributed by atoms with Gasteiger partial charge in [-0.1, -0.05) is 42.8 Å². The van der Waals surface area contributed by atoms with Crippen molar-refractivity contribution in [1.82, 2.24) is 4.98 Å². The topological polar surface area (TPSA) is 25.2 Å². The molecule has 1 aromatic heterocycles. The molecular weight excluding hydrogens is 256 g/mol. The van der Waals surface area contributed by atoms with Gasteiger partial charge in [-0.15, -0.1) is 0 Å². The van der Waals surface area contributed by atoms with Crippen LogP contribution in [0.15, 0.2) is 59.9 Å². The highest BCUT2D eigenvalue weighted by Gasteiger charge is 2.22. The molecule has 2 aromatic rings. The molecular formula is C19H22N2. The van der Waals surface area contributed by atoms with Crippen molar-refractivity contribution >= 4 is 5.71 Å². The van der Waals surface area contributed by atoms with Gasteiger partial charge in [-0.3, -0.25) is 9.98 Å². The summed E-state index contributed by atoms with van der Waals surface area (Å²) in [6.07, 6.45) is 8.71. The van der Waals surface area contributed by atoms with Crippen LogP contribution in [0.5, 0.6) is 0 Å². The molecule has 0 spiro atoms. The van der Waals surface area contributed by atoms with Crippen LogP contribution in [0.4, 0.5) is 0 Å². The Kier molecular flexibility index (Phi) is 4.44. The fourth-order valence-corrected chi connectivity index (χ4v) is 3.15. The number of hydrogen-bond donors (Lipinski definition) is 0. The van der Waals surface area contributed by atoms with Gasteiger partial charge in [0.2, 0.25) is 0 Å². The van der Waals surface area contributed by atoms with Gasteiger partial charge in [0.15, 0.2) is 0 Å². The minimum atomic E-state index is 0.235. The van der Waals surface area contributed by atoms with Crippen molar-refractivity contribution in [2.75, 3.05) is 0 Å². The molecule has 1 aromatic carbocycles. The molecule has 0 amide bonds. The van der Waals surface area contributed by atoms with E-state index < -0.39 is 0 Å². The molecule has 0 saturated heterocycles. The van der Waals surface area contributed by atoms with Gasteiger partial charge in [0.1, 0.15) is 0 Å². The van der Waals surface area contributed by atoms with Crippen LogP contribution in [0, 0.1) is 0 Å². The Bertz CT molecular complexity index is 589. The molecule has 3 rings (SSSR count). The summed E-state index contributed by atoms with van der Waals surface area (Å²) in [5, 5.41) is 0. The predicted octanol–water partition coefficient (Wildman–Crippen LogP) is 4.94. The molecule has 2 heteroatoms. The summed E-state index contributed by atoms with van der Waals surface area (Å²) in [5.41, 5.74) is 3.96. The van der Waals surface area contributed by atoms with Gasteiger partial charge in [0.05, 0.1) is 6.04 Å². The van der Waals surface area contributed by atoms with Crippen LogP contribution < -0.4 is 0 Å². The number of nitrogens with zero attached hydrogens (tertiary/aromatic N) is 2. The van der Waals surface area contributed by atoms with Crippen LogP contribution in [0.3, 0.4) is 0 Å². The first-order valence-electron chi connectivity index (χ1n) is 7.86. The standard InChI is InChI=1S/C19H22N2/c1-15(16-8-3-2-4-9-16)21-19-12-6-5-11-18(19)17-10-7-13-20-14-17/h2-4,7-10,13-15,18H,5-6,11-12H2,1H3/t15-,18?/m1/s1. The largest absolute Gasteiger partial charge is 0.286 e. The van der Waals surface area contributed by atoms with E-state index in [2.05, 4.69) is 48.3 Å². The van der Waals surface area contributed by atoms with Gasteiger partial charge < -0.3 is 0 Å². The van der Waals surface area contributed by atoms with Gasteiger partial charge in [0, 0.05) is 24.0 Å². The molecule has 1 fully saturated rings. The van der Waals surface area contributed by atoms with Crippen LogP contribution in [0.2, 0.25) is 0 Å². The van der Waals surface area contributed by atoms with Crippen molar-refractivity contribution in [2.24, 2.45) is 4.99 Å². The van der Waals surface area contributed by atoms with E-state index in [1.54, 1.807) is 0 Å². The highest BCUT2D eigenvalue weighted by atomic mass is 14.8.